The van der Waals surface area contributed by atoms with Gasteiger partial charge in [-0.05, 0) is 48.9 Å². The second-order valence-corrected chi connectivity index (χ2v) is 7.42. The van der Waals surface area contributed by atoms with Gasteiger partial charge in [0.2, 0.25) is 10.0 Å². The highest BCUT2D eigenvalue weighted by Gasteiger charge is 2.14. The van der Waals surface area contributed by atoms with E-state index in [0.29, 0.717) is 12.4 Å². The summed E-state index contributed by atoms with van der Waals surface area (Å²) in [7, 11) is -1.77. The van der Waals surface area contributed by atoms with Crippen LogP contribution in [0.1, 0.15) is 12.5 Å². The van der Waals surface area contributed by atoms with Crippen LogP contribution in [0.5, 0.6) is 5.75 Å². The SMILES string of the molecule is CCOc1ccc(S(=O)(=O)NCc2cncc(-c3ccnn3C)c2)cc1. The van der Waals surface area contributed by atoms with Gasteiger partial charge in [0.15, 0.2) is 0 Å². The lowest BCUT2D eigenvalue weighted by molar-refractivity contribution is 0.340. The lowest BCUT2D eigenvalue weighted by Gasteiger charge is -2.09. The van der Waals surface area contributed by atoms with Crippen LogP contribution in [0, 0.1) is 0 Å². The average Bonchev–Trinajstić information content (AvgIpc) is 3.07. The number of nitrogens with one attached hydrogen (secondary N) is 1. The highest BCUT2D eigenvalue weighted by molar-refractivity contribution is 7.89. The number of ether oxygens (including phenoxy) is 1. The van der Waals surface area contributed by atoms with Gasteiger partial charge in [-0.25, -0.2) is 13.1 Å². The Morgan fingerprint density at radius 3 is 2.58 bits per heavy atom. The van der Waals surface area contributed by atoms with E-state index >= 15 is 0 Å². The third kappa shape index (κ3) is 4.09. The number of nitrogens with zero attached hydrogens (tertiary/aromatic N) is 3. The average molecular weight is 372 g/mol. The summed E-state index contributed by atoms with van der Waals surface area (Å²) >= 11 is 0. The summed E-state index contributed by atoms with van der Waals surface area (Å²) in [5.74, 6) is 0.638. The zero-order valence-electron chi connectivity index (χ0n) is 14.6. The molecule has 2 heterocycles. The van der Waals surface area contributed by atoms with Crippen LogP contribution in [0.15, 0.2) is 59.9 Å². The predicted octanol–water partition coefficient (Wildman–Crippen LogP) is 2.36. The van der Waals surface area contributed by atoms with Crippen LogP contribution in [0.25, 0.3) is 11.3 Å². The second kappa shape index (κ2) is 7.67. The van der Waals surface area contributed by atoms with E-state index in [-0.39, 0.29) is 11.4 Å². The maximum atomic E-state index is 12.5. The number of rotatable bonds is 7. The molecule has 1 aromatic carbocycles. The molecule has 0 radical (unpaired) electrons. The molecule has 8 heteroatoms. The predicted molar refractivity (Wildman–Crippen MR) is 98.1 cm³/mol. The summed E-state index contributed by atoms with van der Waals surface area (Å²) in [5, 5.41) is 4.13. The maximum Gasteiger partial charge on any atom is 0.240 e. The molecule has 0 amide bonds. The molecular weight excluding hydrogens is 352 g/mol. The Hall–Kier alpha value is -2.71. The first-order valence-corrected chi connectivity index (χ1v) is 9.63. The number of aromatic nitrogens is 3. The number of hydrogen-bond donors (Lipinski definition) is 1. The molecule has 1 N–H and O–H groups in total. The van der Waals surface area contributed by atoms with Gasteiger partial charge < -0.3 is 4.74 Å². The maximum absolute atomic E-state index is 12.5. The van der Waals surface area contributed by atoms with Crippen LogP contribution in [0.2, 0.25) is 0 Å². The Labute approximate surface area is 152 Å². The standard InChI is InChI=1S/C18H20N4O3S/c1-3-25-16-4-6-17(7-5-16)26(23,24)21-12-14-10-15(13-19-11-14)18-8-9-20-22(18)2/h4-11,13,21H,3,12H2,1-2H3. The largest absolute Gasteiger partial charge is 0.494 e. The molecule has 3 rings (SSSR count). The van der Waals surface area contributed by atoms with Crippen LogP contribution in [-0.4, -0.2) is 29.8 Å². The minimum Gasteiger partial charge on any atom is -0.494 e. The van der Waals surface area contributed by atoms with Gasteiger partial charge in [-0.15, -0.1) is 0 Å². The smallest absolute Gasteiger partial charge is 0.240 e. The summed E-state index contributed by atoms with van der Waals surface area (Å²) in [6.45, 7) is 2.55. The fourth-order valence-corrected chi connectivity index (χ4v) is 3.54. The molecule has 0 fully saturated rings. The van der Waals surface area contributed by atoms with Gasteiger partial charge >= 0.3 is 0 Å². The molecule has 0 aliphatic rings. The third-order valence-corrected chi connectivity index (χ3v) is 5.24. The van der Waals surface area contributed by atoms with Crippen molar-refractivity contribution in [3.63, 3.8) is 0 Å². The highest BCUT2D eigenvalue weighted by atomic mass is 32.2. The highest BCUT2D eigenvalue weighted by Crippen LogP contribution is 2.19. The molecule has 0 aliphatic heterocycles. The second-order valence-electron chi connectivity index (χ2n) is 5.65. The molecule has 0 saturated heterocycles. The van der Waals surface area contributed by atoms with Gasteiger partial charge in [0, 0.05) is 37.7 Å². The van der Waals surface area contributed by atoms with E-state index in [0.717, 1.165) is 16.8 Å². The molecule has 0 bridgehead atoms. The number of pyridine rings is 1. The lowest BCUT2D eigenvalue weighted by Crippen LogP contribution is -2.23. The van der Waals surface area contributed by atoms with Crippen molar-refractivity contribution in [2.45, 2.75) is 18.4 Å². The Morgan fingerprint density at radius 1 is 1.15 bits per heavy atom. The van der Waals surface area contributed by atoms with E-state index in [1.807, 2.05) is 26.1 Å². The van der Waals surface area contributed by atoms with Gasteiger partial charge in [-0.1, -0.05) is 0 Å². The Kier molecular flexibility index (Phi) is 5.34. The first kappa shape index (κ1) is 18.1. The molecule has 3 aromatic rings. The molecule has 136 valence electrons. The van der Waals surface area contributed by atoms with Gasteiger partial charge in [0.25, 0.3) is 0 Å². The van der Waals surface area contributed by atoms with E-state index in [4.69, 9.17) is 4.74 Å². The molecule has 7 nitrogen and oxygen atoms in total. The van der Waals surface area contributed by atoms with Crippen LogP contribution in [-0.2, 0) is 23.6 Å². The molecule has 0 unspecified atom stereocenters. The summed E-state index contributed by atoms with van der Waals surface area (Å²) in [5.41, 5.74) is 2.55. The minimum atomic E-state index is -3.62. The molecule has 0 saturated carbocycles. The fraction of sp³-hybridized carbons (Fsp3) is 0.222. The van der Waals surface area contributed by atoms with E-state index in [9.17, 15) is 8.42 Å². The van der Waals surface area contributed by atoms with Crippen molar-refractivity contribution in [2.24, 2.45) is 7.05 Å². The Morgan fingerprint density at radius 2 is 1.92 bits per heavy atom. The monoisotopic (exact) mass is 372 g/mol. The minimum absolute atomic E-state index is 0.147. The quantitative estimate of drug-likeness (QED) is 0.688. The van der Waals surface area contributed by atoms with E-state index in [1.54, 1.807) is 35.4 Å². The first-order valence-electron chi connectivity index (χ1n) is 8.14. The molecule has 0 spiro atoms. The molecule has 0 atom stereocenters. The van der Waals surface area contributed by atoms with Gasteiger partial charge in [0.1, 0.15) is 5.75 Å². The van der Waals surface area contributed by atoms with Crippen molar-refractivity contribution in [3.8, 4) is 17.0 Å². The van der Waals surface area contributed by atoms with Crippen LogP contribution in [0.4, 0.5) is 0 Å². The van der Waals surface area contributed by atoms with E-state index in [2.05, 4.69) is 14.8 Å². The fourth-order valence-electron chi connectivity index (χ4n) is 2.52. The summed E-state index contributed by atoms with van der Waals surface area (Å²) in [6, 6.07) is 10.1. The van der Waals surface area contributed by atoms with Crippen molar-refractivity contribution in [1.82, 2.24) is 19.5 Å². The molecule has 0 aliphatic carbocycles. The van der Waals surface area contributed by atoms with Crippen molar-refractivity contribution in [2.75, 3.05) is 6.61 Å². The molecular formula is C18H20N4O3S. The van der Waals surface area contributed by atoms with Crippen molar-refractivity contribution < 1.29 is 13.2 Å². The third-order valence-electron chi connectivity index (χ3n) is 3.82. The lowest BCUT2D eigenvalue weighted by atomic mass is 10.1. The van der Waals surface area contributed by atoms with E-state index < -0.39 is 10.0 Å². The van der Waals surface area contributed by atoms with Crippen molar-refractivity contribution >= 4 is 10.0 Å². The Balaban J connectivity index is 1.73. The molecule has 26 heavy (non-hydrogen) atoms. The zero-order valence-corrected chi connectivity index (χ0v) is 15.4. The van der Waals surface area contributed by atoms with Crippen LogP contribution in [0.3, 0.4) is 0 Å². The number of hydrogen-bond acceptors (Lipinski definition) is 5. The van der Waals surface area contributed by atoms with Crippen molar-refractivity contribution in [1.29, 1.82) is 0 Å². The zero-order chi connectivity index (χ0) is 18.6. The Bertz CT molecular complexity index is 982. The van der Waals surface area contributed by atoms with Crippen LogP contribution < -0.4 is 9.46 Å². The topological polar surface area (TPSA) is 86.1 Å². The van der Waals surface area contributed by atoms with Crippen LogP contribution >= 0.6 is 0 Å². The van der Waals surface area contributed by atoms with Gasteiger partial charge in [-0.3, -0.25) is 9.67 Å². The normalized spacial score (nSPS) is 11.5. The van der Waals surface area contributed by atoms with Gasteiger partial charge in [0.05, 0.1) is 17.2 Å². The summed E-state index contributed by atoms with van der Waals surface area (Å²) < 4.78 is 34.6. The first-order chi connectivity index (χ1) is 12.5. The summed E-state index contributed by atoms with van der Waals surface area (Å²) in [4.78, 5) is 4.39. The number of aryl methyl sites for hydroxylation is 1. The van der Waals surface area contributed by atoms with Gasteiger partial charge in [-0.2, -0.15) is 5.10 Å². The number of benzene rings is 1. The number of sulfonamides is 1. The summed E-state index contributed by atoms with van der Waals surface area (Å²) in [6.07, 6.45) is 5.07. The van der Waals surface area contributed by atoms with Crippen molar-refractivity contribution in [3.05, 3.63) is 60.6 Å². The van der Waals surface area contributed by atoms with E-state index in [1.165, 1.54) is 12.1 Å². The molecule has 2 aromatic heterocycles.